The van der Waals surface area contributed by atoms with Gasteiger partial charge in [-0.2, -0.15) is 5.26 Å². The van der Waals surface area contributed by atoms with E-state index in [0.717, 1.165) is 37.8 Å². The van der Waals surface area contributed by atoms with Crippen LogP contribution >= 0.6 is 0 Å². The second-order valence-electron chi connectivity index (χ2n) is 6.04. The summed E-state index contributed by atoms with van der Waals surface area (Å²) in [4.78, 5) is 17.7. The third kappa shape index (κ3) is 2.95. The van der Waals surface area contributed by atoms with Crippen LogP contribution in [0.15, 0.2) is 30.6 Å². The molecule has 23 heavy (non-hydrogen) atoms. The highest BCUT2D eigenvalue weighted by Gasteiger charge is 2.26. The Labute approximate surface area is 135 Å². The van der Waals surface area contributed by atoms with E-state index >= 15 is 0 Å². The fraction of sp³-hybridized carbons (Fsp3) is 0.412. The lowest BCUT2D eigenvalue weighted by atomic mass is 10.2. The van der Waals surface area contributed by atoms with Gasteiger partial charge < -0.3 is 9.80 Å². The van der Waals surface area contributed by atoms with Crippen molar-refractivity contribution >= 4 is 11.6 Å². The van der Waals surface area contributed by atoms with E-state index in [1.54, 1.807) is 12.4 Å². The fourth-order valence-corrected chi connectivity index (χ4v) is 2.96. The van der Waals surface area contributed by atoms with Crippen LogP contribution in [0, 0.1) is 11.3 Å². The number of nitriles is 1. The highest BCUT2D eigenvalue weighted by molar-refractivity contribution is 5.46. The number of hydrogen-bond donors (Lipinski definition) is 0. The van der Waals surface area contributed by atoms with Crippen LogP contribution in [0.1, 0.15) is 30.1 Å². The van der Waals surface area contributed by atoms with Crippen LogP contribution in [0.5, 0.6) is 0 Å². The zero-order valence-electron chi connectivity index (χ0n) is 12.9. The molecule has 2 fully saturated rings. The Morgan fingerprint density at radius 1 is 1.00 bits per heavy atom. The SMILES string of the molecule is N#Cc1cccc(N2CCN(c3cc(C4CC4)ncn3)CC2)n1. The predicted molar refractivity (Wildman–Crippen MR) is 87.4 cm³/mol. The Bertz CT molecular complexity index is 741. The van der Waals surface area contributed by atoms with Crippen LogP contribution in [-0.2, 0) is 0 Å². The van der Waals surface area contributed by atoms with Gasteiger partial charge in [0.2, 0.25) is 0 Å². The number of hydrogen-bond acceptors (Lipinski definition) is 6. The van der Waals surface area contributed by atoms with Gasteiger partial charge in [-0.15, -0.1) is 0 Å². The van der Waals surface area contributed by atoms with Gasteiger partial charge in [0.15, 0.2) is 0 Å². The monoisotopic (exact) mass is 306 g/mol. The molecule has 0 atom stereocenters. The standard InChI is InChI=1S/C17H18N6/c18-11-14-2-1-3-16(21-14)22-6-8-23(9-7-22)17-10-15(13-4-5-13)19-12-20-17/h1-3,10,12-13H,4-9H2. The maximum atomic E-state index is 8.97. The van der Waals surface area contributed by atoms with E-state index in [2.05, 4.69) is 36.9 Å². The number of rotatable bonds is 3. The Balaban J connectivity index is 1.44. The van der Waals surface area contributed by atoms with Gasteiger partial charge in [0.1, 0.15) is 29.7 Å². The lowest BCUT2D eigenvalue weighted by molar-refractivity contribution is 0.640. The van der Waals surface area contributed by atoms with Gasteiger partial charge in [-0.1, -0.05) is 6.07 Å². The van der Waals surface area contributed by atoms with Gasteiger partial charge in [-0.3, -0.25) is 0 Å². The smallest absolute Gasteiger partial charge is 0.142 e. The summed E-state index contributed by atoms with van der Waals surface area (Å²) in [5.41, 5.74) is 1.65. The number of pyridine rings is 1. The van der Waals surface area contributed by atoms with Crippen molar-refractivity contribution < 1.29 is 0 Å². The van der Waals surface area contributed by atoms with Crippen molar-refractivity contribution in [3.8, 4) is 6.07 Å². The zero-order chi connectivity index (χ0) is 15.6. The molecular weight excluding hydrogens is 288 g/mol. The normalized spacial score (nSPS) is 17.9. The second-order valence-corrected chi connectivity index (χ2v) is 6.04. The van der Waals surface area contributed by atoms with Crippen LogP contribution in [0.25, 0.3) is 0 Å². The molecule has 0 unspecified atom stereocenters. The van der Waals surface area contributed by atoms with Crippen molar-refractivity contribution in [2.75, 3.05) is 36.0 Å². The minimum Gasteiger partial charge on any atom is -0.353 e. The predicted octanol–water partition coefficient (Wildman–Crippen LogP) is 1.95. The summed E-state index contributed by atoms with van der Waals surface area (Å²) in [5, 5.41) is 8.97. The fourth-order valence-electron chi connectivity index (χ4n) is 2.96. The summed E-state index contributed by atoms with van der Waals surface area (Å²) < 4.78 is 0. The van der Waals surface area contributed by atoms with E-state index in [4.69, 9.17) is 5.26 Å². The van der Waals surface area contributed by atoms with E-state index in [1.807, 2.05) is 12.1 Å². The Morgan fingerprint density at radius 3 is 2.43 bits per heavy atom. The third-order valence-electron chi connectivity index (χ3n) is 4.45. The summed E-state index contributed by atoms with van der Waals surface area (Å²) in [7, 11) is 0. The molecule has 2 aromatic rings. The molecule has 0 aromatic carbocycles. The van der Waals surface area contributed by atoms with Crippen LogP contribution in [0.3, 0.4) is 0 Å². The Kier molecular flexibility index (Phi) is 3.54. The number of piperazine rings is 1. The molecule has 0 N–H and O–H groups in total. The first kappa shape index (κ1) is 13.9. The molecular formula is C17H18N6. The average molecular weight is 306 g/mol. The van der Waals surface area contributed by atoms with Gasteiger partial charge in [-0.05, 0) is 25.0 Å². The van der Waals surface area contributed by atoms with E-state index in [1.165, 1.54) is 18.5 Å². The van der Waals surface area contributed by atoms with Crippen LogP contribution in [0.2, 0.25) is 0 Å². The van der Waals surface area contributed by atoms with E-state index < -0.39 is 0 Å². The molecule has 4 rings (SSSR count). The van der Waals surface area contributed by atoms with Crippen LogP contribution in [0.4, 0.5) is 11.6 Å². The summed E-state index contributed by atoms with van der Waals surface area (Å²) in [5.74, 6) is 2.56. The first-order chi connectivity index (χ1) is 11.3. The molecule has 1 saturated carbocycles. The van der Waals surface area contributed by atoms with Gasteiger partial charge in [-0.25, -0.2) is 15.0 Å². The lowest BCUT2D eigenvalue weighted by Gasteiger charge is -2.36. The van der Waals surface area contributed by atoms with Crippen molar-refractivity contribution in [2.24, 2.45) is 0 Å². The molecule has 0 radical (unpaired) electrons. The van der Waals surface area contributed by atoms with Crippen molar-refractivity contribution in [3.05, 3.63) is 42.0 Å². The maximum absolute atomic E-state index is 8.97. The van der Waals surface area contributed by atoms with E-state index in [0.29, 0.717) is 11.6 Å². The zero-order valence-corrected chi connectivity index (χ0v) is 12.9. The first-order valence-corrected chi connectivity index (χ1v) is 8.02. The number of anilines is 2. The van der Waals surface area contributed by atoms with Crippen molar-refractivity contribution in [1.29, 1.82) is 5.26 Å². The lowest BCUT2D eigenvalue weighted by Crippen LogP contribution is -2.47. The molecule has 116 valence electrons. The molecule has 1 aliphatic carbocycles. The largest absolute Gasteiger partial charge is 0.353 e. The minimum absolute atomic E-state index is 0.467. The molecule has 2 aliphatic rings. The van der Waals surface area contributed by atoms with Crippen LogP contribution < -0.4 is 9.80 Å². The first-order valence-electron chi connectivity index (χ1n) is 8.02. The van der Waals surface area contributed by atoms with Crippen LogP contribution in [-0.4, -0.2) is 41.1 Å². The number of nitrogens with zero attached hydrogens (tertiary/aromatic N) is 6. The quantitative estimate of drug-likeness (QED) is 0.863. The van der Waals surface area contributed by atoms with Gasteiger partial charge >= 0.3 is 0 Å². The van der Waals surface area contributed by atoms with Crippen molar-refractivity contribution in [3.63, 3.8) is 0 Å². The second kappa shape index (κ2) is 5.84. The Morgan fingerprint density at radius 2 is 1.74 bits per heavy atom. The highest BCUT2D eigenvalue weighted by atomic mass is 15.3. The molecule has 1 saturated heterocycles. The van der Waals surface area contributed by atoms with Crippen molar-refractivity contribution in [2.45, 2.75) is 18.8 Å². The number of aromatic nitrogens is 3. The molecule has 0 bridgehead atoms. The van der Waals surface area contributed by atoms with Gasteiger partial charge in [0.05, 0.1) is 0 Å². The van der Waals surface area contributed by atoms with E-state index in [9.17, 15) is 0 Å². The molecule has 6 nitrogen and oxygen atoms in total. The summed E-state index contributed by atoms with van der Waals surface area (Å²) in [6.45, 7) is 3.56. The highest BCUT2D eigenvalue weighted by Crippen LogP contribution is 2.39. The van der Waals surface area contributed by atoms with Crippen molar-refractivity contribution in [1.82, 2.24) is 15.0 Å². The summed E-state index contributed by atoms with van der Waals surface area (Å²) in [6.07, 6.45) is 4.20. The molecule has 6 heteroatoms. The molecule has 3 heterocycles. The molecule has 0 spiro atoms. The van der Waals surface area contributed by atoms with E-state index in [-0.39, 0.29) is 0 Å². The topological polar surface area (TPSA) is 68.9 Å². The van der Waals surface area contributed by atoms with Gasteiger partial charge in [0, 0.05) is 43.9 Å². The maximum Gasteiger partial charge on any atom is 0.142 e. The third-order valence-corrected chi connectivity index (χ3v) is 4.45. The minimum atomic E-state index is 0.467. The molecule has 2 aromatic heterocycles. The average Bonchev–Trinajstić information content (AvgIpc) is 3.47. The summed E-state index contributed by atoms with van der Waals surface area (Å²) >= 11 is 0. The van der Waals surface area contributed by atoms with Gasteiger partial charge in [0.25, 0.3) is 0 Å². The molecule has 1 aliphatic heterocycles. The Hall–Kier alpha value is -2.68. The summed E-state index contributed by atoms with van der Waals surface area (Å²) in [6, 6.07) is 9.83. The molecule has 0 amide bonds.